The molecule has 2 aromatic heterocycles. The Morgan fingerprint density at radius 2 is 2.11 bits per heavy atom. The van der Waals surface area contributed by atoms with Crippen LogP contribution in [0.4, 0.5) is 5.69 Å². The molecular weight excluding hydrogens is 398 g/mol. The first-order valence-electron chi connectivity index (χ1n) is 9.07. The number of fused-ring (bicyclic) bond motifs is 1. The number of aryl methyl sites for hydroxylation is 2. The lowest BCUT2D eigenvalue weighted by Crippen LogP contribution is -2.43. The van der Waals surface area contributed by atoms with Gasteiger partial charge in [-0.25, -0.2) is 13.4 Å². The number of thiophene rings is 1. The zero-order valence-corrected chi connectivity index (χ0v) is 17.3. The molecule has 0 aliphatic carbocycles. The van der Waals surface area contributed by atoms with Crippen LogP contribution in [0.2, 0.25) is 0 Å². The highest BCUT2D eigenvalue weighted by Crippen LogP contribution is 2.29. The molecule has 0 unspecified atom stereocenters. The standard InChI is InChI=1S/C19H21N3O4S2/c1-12-5-8-18(27-12)28(24,25)22-9-3-4-14(11-22)19(23)21-15-6-7-17-16(10-15)20-13(2)26-17/h5-8,10,14H,3-4,9,11H2,1-2H3,(H,21,23)/t14-/m0/s1. The van der Waals surface area contributed by atoms with Gasteiger partial charge < -0.3 is 9.73 Å². The van der Waals surface area contributed by atoms with Gasteiger partial charge in [0.25, 0.3) is 10.0 Å². The van der Waals surface area contributed by atoms with E-state index in [1.54, 1.807) is 37.3 Å². The largest absolute Gasteiger partial charge is 0.441 e. The van der Waals surface area contributed by atoms with Gasteiger partial charge >= 0.3 is 0 Å². The van der Waals surface area contributed by atoms with Gasteiger partial charge in [0.1, 0.15) is 9.73 Å². The van der Waals surface area contributed by atoms with E-state index >= 15 is 0 Å². The average Bonchev–Trinajstić information content (AvgIpc) is 3.26. The maximum absolute atomic E-state index is 12.9. The number of sulfonamides is 1. The molecule has 3 heterocycles. The highest BCUT2D eigenvalue weighted by Gasteiger charge is 2.34. The number of aromatic nitrogens is 1. The molecular formula is C19H21N3O4S2. The van der Waals surface area contributed by atoms with Gasteiger partial charge in [-0.3, -0.25) is 4.79 Å². The van der Waals surface area contributed by atoms with Crippen LogP contribution in [0.1, 0.15) is 23.6 Å². The second-order valence-corrected chi connectivity index (χ2v) is 10.4. The first kappa shape index (κ1) is 19.1. The first-order valence-corrected chi connectivity index (χ1v) is 11.3. The van der Waals surface area contributed by atoms with Crippen molar-refractivity contribution in [1.82, 2.24) is 9.29 Å². The highest BCUT2D eigenvalue weighted by atomic mass is 32.2. The molecule has 9 heteroatoms. The summed E-state index contributed by atoms with van der Waals surface area (Å²) in [6.07, 6.45) is 1.32. The molecule has 1 aliphatic heterocycles. The predicted octanol–water partition coefficient (Wildman–Crippen LogP) is 3.55. The molecule has 4 rings (SSSR count). The minimum absolute atomic E-state index is 0.179. The number of hydrogen-bond acceptors (Lipinski definition) is 6. The lowest BCUT2D eigenvalue weighted by Gasteiger charge is -2.30. The molecule has 0 bridgehead atoms. The van der Waals surface area contributed by atoms with Gasteiger partial charge in [-0.15, -0.1) is 11.3 Å². The van der Waals surface area contributed by atoms with Crippen molar-refractivity contribution >= 4 is 44.1 Å². The van der Waals surface area contributed by atoms with Gasteiger partial charge in [0, 0.05) is 30.6 Å². The van der Waals surface area contributed by atoms with Crippen LogP contribution in [-0.2, 0) is 14.8 Å². The van der Waals surface area contributed by atoms with Gasteiger partial charge in [-0.2, -0.15) is 4.31 Å². The van der Waals surface area contributed by atoms with Crippen molar-refractivity contribution in [2.24, 2.45) is 5.92 Å². The molecule has 0 radical (unpaired) electrons. The van der Waals surface area contributed by atoms with E-state index in [1.807, 2.05) is 6.92 Å². The van der Waals surface area contributed by atoms with Crippen LogP contribution in [0.3, 0.4) is 0 Å². The van der Waals surface area contributed by atoms with Gasteiger partial charge in [0.05, 0.1) is 5.92 Å². The van der Waals surface area contributed by atoms with Crippen LogP contribution in [0.15, 0.2) is 39.0 Å². The van der Waals surface area contributed by atoms with E-state index in [4.69, 9.17) is 4.42 Å². The highest BCUT2D eigenvalue weighted by molar-refractivity contribution is 7.91. The molecule has 1 atom stereocenters. The topological polar surface area (TPSA) is 92.5 Å². The molecule has 0 spiro atoms. The Morgan fingerprint density at radius 3 is 2.86 bits per heavy atom. The first-order chi connectivity index (χ1) is 13.3. The minimum atomic E-state index is -3.56. The lowest BCUT2D eigenvalue weighted by atomic mass is 9.98. The van der Waals surface area contributed by atoms with Crippen LogP contribution in [0, 0.1) is 19.8 Å². The Hall–Kier alpha value is -2.23. The van der Waals surface area contributed by atoms with E-state index in [-0.39, 0.29) is 18.4 Å². The average molecular weight is 420 g/mol. The van der Waals surface area contributed by atoms with Crippen molar-refractivity contribution in [3.8, 4) is 0 Å². The number of nitrogens with one attached hydrogen (secondary N) is 1. The van der Waals surface area contributed by atoms with Crippen LogP contribution >= 0.6 is 11.3 Å². The number of rotatable bonds is 4. The number of amides is 1. The molecule has 28 heavy (non-hydrogen) atoms. The number of carbonyl (C=O) groups is 1. The van der Waals surface area contributed by atoms with Crippen molar-refractivity contribution in [2.45, 2.75) is 30.9 Å². The van der Waals surface area contributed by atoms with E-state index in [9.17, 15) is 13.2 Å². The van der Waals surface area contributed by atoms with Crippen LogP contribution in [-0.4, -0.2) is 36.7 Å². The number of anilines is 1. The molecule has 1 aromatic carbocycles. The summed E-state index contributed by atoms with van der Waals surface area (Å²) in [5.74, 6) is -0.00317. The number of hydrogen-bond donors (Lipinski definition) is 1. The van der Waals surface area contributed by atoms with E-state index in [0.29, 0.717) is 46.3 Å². The Labute approximate surface area is 167 Å². The van der Waals surface area contributed by atoms with Crippen molar-refractivity contribution < 1.29 is 17.6 Å². The Balaban J connectivity index is 1.48. The third-order valence-corrected chi connectivity index (χ3v) is 8.16. The summed E-state index contributed by atoms with van der Waals surface area (Å²) in [4.78, 5) is 18.0. The molecule has 7 nitrogen and oxygen atoms in total. The number of oxazole rings is 1. The smallest absolute Gasteiger partial charge is 0.252 e. The van der Waals surface area contributed by atoms with Crippen molar-refractivity contribution in [3.63, 3.8) is 0 Å². The zero-order chi connectivity index (χ0) is 19.9. The third kappa shape index (κ3) is 3.69. The molecule has 1 aliphatic rings. The maximum Gasteiger partial charge on any atom is 0.252 e. The molecule has 1 fully saturated rings. The monoisotopic (exact) mass is 419 g/mol. The van der Waals surface area contributed by atoms with Crippen LogP contribution in [0.25, 0.3) is 11.1 Å². The summed E-state index contributed by atoms with van der Waals surface area (Å²) in [5.41, 5.74) is 1.97. The summed E-state index contributed by atoms with van der Waals surface area (Å²) < 4.78 is 32.9. The SMILES string of the molecule is Cc1nc2cc(NC(=O)[C@H]3CCCN(S(=O)(=O)c4ccc(C)s4)C3)ccc2o1. The Morgan fingerprint density at radius 1 is 1.29 bits per heavy atom. The molecule has 3 aromatic rings. The molecule has 1 N–H and O–H groups in total. The van der Waals surface area contributed by atoms with Crippen LogP contribution in [0.5, 0.6) is 0 Å². The van der Waals surface area contributed by atoms with Crippen molar-refractivity contribution in [1.29, 1.82) is 0 Å². The molecule has 1 saturated heterocycles. The van der Waals surface area contributed by atoms with Gasteiger partial charge in [0.2, 0.25) is 5.91 Å². The second-order valence-electron chi connectivity index (χ2n) is 6.97. The Bertz CT molecular complexity index is 1130. The molecule has 148 valence electrons. The van der Waals surface area contributed by atoms with Crippen molar-refractivity contribution in [3.05, 3.63) is 41.1 Å². The number of piperidine rings is 1. The zero-order valence-electron chi connectivity index (χ0n) is 15.6. The maximum atomic E-state index is 12.9. The summed E-state index contributed by atoms with van der Waals surface area (Å²) in [5, 5.41) is 2.89. The fourth-order valence-corrected chi connectivity index (χ4v) is 6.38. The fraction of sp³-hybridized carbons (Fsp3) is 0.368. The van der Waals surface area contributed by atoms with E-state index < -0.39 is 10.0 Å². The lowest BCUT2D eigenvalue weighted by molar-refractivity contribution is -0.120. The quantitative estimate of drug-likeness (QED) is 0.698. The minimum Gasteiger partial charge on any atom is -0.441 e. The third-order valence-electron chi connectivity index (χ3n) is 4.83. The van der Waals surface area contributed by atoms with Crippen LogP contribution < -0.4 is 5.32 Å². The summed E-state index contributed by atoms with van der Waals surface area (Å²) >= 11 is 1.26. The molecule has 0 saturated carbocycles. The number of carbonyl (C=O) groups excluding carboxylic acids is 1. The molecule has 1 amide bonds. The summed E-state index contributed by atoms with van der Waals surface area (Å²) in [7, 11) is -3.56. The summed E-state index contributed by atoms with van der Waals surface area (Å²) in [6, 6.07) is 8.72. The van der Waals surface area contributed by atoms with Crippen molar-refractivity contribution in [2.75, 3.05) is 18.4 Å². The van der Waals surface area contributed by atoms with Gasteiger partial charge in [-0.05, 0) is 50.1 Å². The normalized spacial score (nSPS) is 18.4. The van der Waals surface area contributed by atoms with E-state index in [0.717, 1.165) is 4.88 Å². The Kier molecular flexibility index (Phi) is 4.98. The number of nitrogens with zero attached hydrogens (tertiary/aromatic N) is 2. The van der Waals surface area contributed by atoms with E-state index in [1.165, 1.54) is 15.6 Å². The predicted molar refractivity (Wildman–Crippen MR) is 108 cm³/mol. The van der Waals surface area contributed by atoms with Gasteiger partial charge in [0.15, 0.2) is 11.5 Å². The summed E-state index contributed by atoms with van der Waals surface area (Å²) in [6.45, 7) is 4.28. The second kappa shape index (κ2) is 7.31. The number of benzene rings is 1. The van der Waals surface area contributed by atoms with Gasteiger partial charge in [-0.1, -0.05) is 0 Å². The van der Waals surface area contributed by atoms with E-state index in [2.05, 4.69) is 10.3 Å². The fourth-order valence-electron chi connectivity index (χ4n) is 3.42.